The molecule has 5 N–H and O–H groups in total. The summed E-state index contributed by atoms with van der Waals surface area (Å²) in [5.41, 5.74) is -0.709. The van der Waals surface area contributed by atoms with Gasteiger partial charge in [-0.05, 0) is 38.3 Å². The SMILES string of the molecule is CC(C)(C)Nc1nc(Nc2cc(OCCO)ncn2)cc2ccn(CC(O)CO)c(=O)c12. The van der Waals surface area contributed by atoms with E-state index in [9.17, 15) is 9.90 Å². The van der Waals surface area contributed by atoms with E-state index in [1.807, 2.05) is 20.8 Å². The highest BCUT2D eigenvalue weighted by molar-refractivity contribution is 5.93. The van der Waals surface area contributed by atoms with Crippen molar-refractivity contribution in [1.82, 2.24) is 19.5 Å². The van der Waals surface area contributed by atoms with Gasteiger partial charge < -0.3 is 35.3 Å². The first-order valence-electron chi connectivity index (χ1n) is 10.1. The summed E-state index contributed by atoms with van der Waals surface area (Å²) in [7, 11) is 0. The molecule has 3 aromatic heterocycles. The zero-order valence-corrected chi connectivity index (χ0v) is 18.2. The number of nitrogens with one attached hydrogen (secondary N) is 2. The second-order valence-electron chi connectivity index (χ2n) is 8.24. The van der Waals surface area contributed by atoms with Gasteiger partial charge in [-0.3, -0.25) is 4.79 Å². The van der Waals surface area contributed by atoms with Gasteiger partial charge in [-0.1, -0.05) is 0 Å². The van der Waals surface area contributed by atoms with E-state index in [2.05, 4.69) is 25.6 Å². The van der Waals surface area contributed by atoms with E-state index in [-0.39, 0.29) is 30.9 Å². The lowest BCUT2D eigenvalue weighted by Gasteiger charge is -2.23. The van der Waals surface area contributed by atoms with Gasteiger partial charge in [-0.15, -0.1) is 0 Å². The van der Waals surface area contributed by atoms with Crippen LogP contribution in [0.5, 0.6) is 5.88 Å². The second kappa shape index (κ2) is 9.90. The van der Waals surface area contributed by atoms with Crippen molar-refractivity contribution >= 4 is 28.2 Å². The Morgan fingerprint density at radius 2 is 1.97 bits per heavy atom. The molecule has 0 aliphatic carbocycles. The number of ether oxygens (including phenoxy) is 1. The molecular formula is C21H28N6O5. The van der Waals surface area contributed by atoms with Crippen molar-refractivity contribution in [2.45, 2.75) is 39.0 Å². The van der Waals surface area contributed by atoms with Gasteiger partial charge in [0.15, 0.2) is 0 Å². The van der Waals surface area contributed by atoms with Crippen LogP contribution in [-0.2, 0) is 6.54 Å². The molecule has 0 spiro atoms. The summed E-state index contributed by atoms with van der Waals surface area (Å²) in [6, 6.07) is 5.04. The monoisotopic (exact) mass is 444 g/mol. The average Bonchev–Trinajstić information content (AvgIpc) is 2.73. The Morgan fingerprint density at radius 1 is 1.19 bits per heavy atom. The number of hydrogen-bond acceptors (Lipinski definition) is 10. The van der Waals surface area contributed by atoms with Gasteiger partial charge in [-0.25, -0.2) is 15.0 Å². The topological polar surface area (TPSA) is 155 Å². The third kappa shape index (κ3) is 5.90. The molecule has 3 heterocycles. The Morgan fingerprint density at radius 3 is 2.66 bits per heavy atom. The van der Waals surface area contributed by atoms with E-state index in [1.54, 1.807) is 24.4 Å². The molecule has 1 unspecified atom stereocenters. The average molecular weight is 444 g/mol. The zero-order chi connectivity index (χ0) is 23.3. The maximum Gasteiger partial charge on any atom is 0.262 e. The standard InChI is InChI=1S/C21H28N6O5/c1-21(2,3)26-19-18-13(4-5-27(20(18)31)10-14(30)11-29)8-16(25-19)24-15-9-17(23-12-22-15)32-7-6-28/h4-5,8-9,12,14,28-30H,6-7,10-11H2,1-3H3,(H2,22,23,24,25,26). The van der Waals surface area contributed by atoms with Crippen LogP contribution in [0.3, 0.4) is 0 Å². The third-order valence-corrected chi connectivity index (χ3v) is 4.31. The first-order chi connectivity index (χ1) is 15.2. The molecular weight excluding hydrogens is 416 g/mol. The maximum absolute atomic E-state index is 13.1. The van der Waals surface area contributed by atoms with E-state index in [0.29, 0.717) is 34.1 Å². The summed E-state index contributed by atoms with van der Waals surface area (Å²) in [5.74, 6) is 1.56. The van der Waals surface area contributed by atoms with Crippen molar-refractivity contribution in [2.75, 3.05) is 30.5 Å². The number of aliphatic hydroxyl groups is 3. The Labute approximate surface area is 184 Å². The van der Waals surface area contributed by atoms with Crippen molar-refractivity contribution in [3.63, 3.8) is 0 Å². The van der Waals surface area contributed by atoms with Gasteiger partial charge in [-0.2, -0.15) is 0 Å². The zero-order valence-electron chi connectivity index (χ0n) is 18.2. The fraction of sp³-hybridized carbons (Fsp3) is 0.429. The molecule has 3 aromatic rings. The van der Waals surface area contributed by atoms with Crippen LogP contribution in [0, 0.1) is 0 Å². The third-order valence-electron chi connectivity index (χ3n) is 4.31. The lowest BCUT2D eigenvalue weighted by atomic mass is 10.1. The number of aromatic nitrogens is 4. The van der Waals surface area contributed by atoms with Crippen LogP contribution >= 0.6 is 0 Å². The molecule has 0 bridgehead atoms. The van der Waals surface area contributed by atoms with Crippen molar-refractivity contribution in [3.8, 4) is 5.88 Å². The molecule has 172 valence electrons. The predicted octanol–water partition coefficient (Wildman–Crippen LogP) is 0.865. The quantitative estimate of drug-likeness (QED) is 0.321. The van der Waals surface area contributed by atoms with Gasteiger partial charge in [0.05, 0.1) is 31.2 Å². The summed E-state index contributed by atoms with van der Waals surface area (Å²) in [6.07, 6.45) is 1.85. The van der Waals surface area contributed by atoms with Gasteiger partial charge >= 0.3 is 0 Å². The molecule has 0 radical (unpaired) electrons. The molecule has 1 atom stereocenters. The van der Waals surface area contributed by atoms with Crippen LogP contribution in [0.25, 0.3) is 10.8 Å². The van der Waals surface area contributed by atoms with E-state index in [0.717, 1.165) is 0 Å². The number of pyridine rings is 2. The first-order valence-corrected chi connectivity index (χ1v) is 10.1. The van der Waals surface area contributed by atoms with Gasteiger partial charge in [0.25, 0.3) is 5.56 Å². The molecule has 0 amide bonds. The Bertz CT molecular complexity index is 1130. The summed E-state index contributed by atoms with van der Waals surface area (Å²) in [5, 5.41) is 35.1. The number of rotatable bonds is 9. The van der Waals surface area contributed by atoms with Crippen molar-refractivity contribution < 1.29 is 20.1 Å². The number of anilines is 3. The number of aliphatic hydroxyl groups excluding tert-OH is 3. The van der Waals surface area contributed by atoms with Crippen molar-refractivity contribution in [2.24, 2.45) is 0 Å². The number of hydrogen-bond donors (Lipinski definition) is 5. The molecule has 0 aliphatic rings. The summed E-state index contributed by atoms with van der Waals surface area (Å²) >= 11 is 0. The van der Waals surface area contributed by atoms with Crippen LogP contribution in [-0.4, -0.2) is 66.3 Å². The lowest BCUT2D eigenvalue weighted by molar-refractivity contribution is 0.0805. The number of fused-ring (bicyclic) bond motifs is 1. The van der Waals surface area contributed by atoms with Crippen LogP contribution in [0.2, 0.25) is 0 Å². The molecule has 0 fully saturated rings. The highest BCUT2D eigenvalue weighted by Gasteiger charge is 2.18. The van der Waals surface area contributed by atoms with Crippen molar-refractivity contribution in [1.29, 1.82) is 0 Å². The normalized spacial score (nSPS) is 12.6. The molecule has 0 saturated carbocycles. The van der Waals surface area contributed by atoms with Crippen LogP contribution in [0.1, 0.15) is 20.8 Å². The molecule has 11 heteroatoms. The fourth-order valence-electron chi connectivity index (χ4n) is 3.01. The van der Waals surface area contributed by atoms with E-state index >= 15 is 0 Å². The summed E-state index contributed by atoms with van der Waals surface area (Å²) < 4.78 is 6.66. The van der Waals surface area contributed by atoms with Gasteiger partial charge in [0, 0.05) is 17.8 Å². The second-order valence-corrected chi connectivity index (χ2v) is 8.24. The highest BCUT2D eigenvalue weighted by atomic mass is 16.5. The lowest BCUT2D eigenvalue weighted by Crippen LogP contribution is -2.31. The van der Waals surface area contributed by atoms with E-state index in [1.165, 1.54) is 10.9 Å². The molecule has 0 aromatic carbocycles. The molecule has 11 nitrogen and oxygen atoms in total. The minimum absolute atomic E-state index is 0.0300. The van der Waals surface area contributed by atoms with Crippen LogP contribution in [0.15, 0.2) is 35.5 Å². The summed E-state index contributed by atoms with van der Waals surface area (Å²) in [6.45, 7) is 5.36. The molecule has 0 aliphatic heterocycles. The first kappa shape index (κ1) is 23.4. The maximum atomic E-state index is 13.1. The predicted molar refractivity (Wildman–Crippen MR) is 120 cm³/mol. The molecule has 0 saturated heterocycles. The van der Waals surface area contributed by atoms with Crippen LogP contribution in [0.4, 0.5) is 17.5 Å². The van der Waals surface area contributed by atoms with Crippen LogP contribution < -0.4 is 20.9 Å². The Balaban J connectivity index is 2.03. The number of nitrogens with zero attached hydrogens (tertiary/aromatic N) is 4. The largest absolute Gasteiger partial charge is 0.475 e. The Hall–Kier alpha value is -3.28. The smallest absolute Gasteiger partial charge is 0.262 e. The van der Waals surface area contributed by atoms with Gasteiger partial charge in [0.2, 0.25) is 5.88 Å². The van der Waals surface area contributed by atoms with E-state index in [4.69, 9.17) is 14.9 Å². The Kier molecular flexibility index (Phi) is 7.23. The van der Waals surface area contributed by atoms with E-state index < -0.39 is 12.7 Å². The fourth-order valence-corrected chi connectivity index (χ4v) is 3.01. The minimum Gasteiger partial charge on any atom is -0.475 e. The van der Waals surface area contributed by atoms with Crippen molar-refractivity contribution in [3.05, 3.63) is 41.1 Å². The molecule has 3 rings (SSSR count). The minimum atomic E-state index is -1.04. The molecule has 32 heavy (non-hydrogen) atoms. The summed E-state index contributed by atoms with van der Waals surface area (Å²) in [4.78, 5) is 25.8. The van der Waals surface area contributed by atoms with Gasteiger partial charge in [0.1, 0.15) is 30.4 Å². The highest BCUT2D eigenvalue weighted by Crippen LogP contribution is 2.26.